The summed E-state index contributed by atoms with van der Waals surface area (Å²) >= 11 is 0. The SMILES string of the molecule is CC1CC(C2C=CC3C(C2)C2CCCCC2C32C3CCCCC3C3CC4C5C=CCCC5C5CCC=CC5C4CC32)=NC(C2CC=CCC2)C2CCC=CC12. The molecule has 0 bridgehead atoms. The number of rotatable bonds is 2. The number of aliphatic imine (C=N–C) groups is 1. The lowest BCUT2D eigenvalue weighted by Crippen LogP contribution is -2.53. The van der Waals surface area contributed by atoms with Crippen molar-refractivity contribution in [3.05, 3.63) is 60.8 Å². The topological polar surface area (TPSA) is 12.4 Å². The Balaban J connectivity index is 0.928. The van der Waals surface area contributed by atoms with E-state index in [4.69, 9.17) is 4.99 Å². The molecule has 0 N–H and O–H groups in total. The molecule has 12 aliphatic rings. The minimum Gasteiger partial charge on any atom is -0.290 e. The maximum Gasteiger partial charge on any atom is 0.0564 e. The molecule has 0 aromatic rings. The summed E-state index contributed by atoms with van der Waals surface area (Å²) in [5, 5.41) is 0. The fourth-order valence-corrected chi connectivity index (χ4v) is 19.7. The minimum absolute atomic E-state index is 0.545. The van der Waals surface area contributed by atoms with Crippen LogP contribution in [0.1, 0.15) is 142 Å². The van der Waals surface area contributed by atoms with Crippen LogP contribution in [0.15, 0.2) is 65.8 Å². The zero-order valence-corrected chi connectivity index (χ0v) is 34.6. The molecule has 21 atom stereocenters. The quantitative estimate of drug-likeness (QED) is 0.250. The Kier molecular flexibility index (Phi) is 8.99. The average molecular weight is 738 g/mol. The highest BCUT2D eigenvalue weighted by Crippen LogP contribution is 2.79. The Bertz CT molecular complexity index is 1640. The molecule has 1 aliphatic heterocycles. The largest absolute Gasteiger partial charge is 0.290 e. The van der Waals surface area contributed by atoms with Gasteiger partial charge in [0.1, 0.15) is 0 Å². The van der Waals surface area contributed by atoms with E-state index in [1.54, 1.807) is 44.2 Å². The number of allylic oxidation sites excluding steroid dienone is 10. The normalized spacial score (nSPS) is 55.8. The lowest BCUT2D eigenvalue weighted by Gasteiger charge is -2.59. The van der Waals surface area contributed by atoms with Gasteiger partial charge in [-0.1, -0.05) is 93.4 Å². The third-order valence-electron chi connectivity index (χ3n) is 21.2. The molecule has 1 nitrogen and oxygen atoms in total. The summed E-state index contributed by atoms with van der Waals surface area (Å²) in [6.45, 7) is 2.62. The molecule has 0 aromatic carbocycles. The third-order valence-corrected chi connectivity index (χ3v) is 21.2. The van der Waals surface area contributed by atoms with Gasteiger partial charge in [-0.15, -0.1) is 0 Å². The molecular weight excluding hydrogens is 663 g/mol. The molecule has 6 fully saturated rings. The molecule has 296 valence electrons. The van der Waals surface area contributed by atoms with Gasteiger partial charge >= 0.3 is 0 Å². The van der Waals surface area contributed by atoms with E-state index in [1.165, 1.54) is 96.3 Å². The van der Waals surface area contributed by atoms with Crippen LogP contribution in [0.25, 0.3) is 0 Å². The molecule has 11 aliphatic carbocycles. The van der Waals surface area contributed by atoms with E-state index in [1.807, 2.05) is 0 Å². The molecular formula is C54H75N. The summed E-state index contributed by atoms with van der Waals surface area (Å²) < 4.78 is 0. The summed E-state index contributed by atoms with van der Waals surface area (Å²) in [5.74, 6) is 17.1. The lowest BCUT2D eigenvalue weighted by atomic mass is 9.45. The van der Waals surface area contributed by atoms with Crippen molar-refractivity contribution in [3.8, 4) is 0 Å². The van der Waals surface area contributed by atoms with E-state index < -0.39 is 0 Å². The molecule has 55 heavy (non-hydrogen) atoms. The molecule has 12 rings (SSSR count). The van der Waals surface area contributed by atoms with E-state index in [0.29, 0.717) is 17.4 Å². The van der Waals surface area contributed by atoms with Gasteiger partial charge in [0, 0.05) is 11.6 Å². The Morgan fingerprint density at radius 2 is 1.13 bits per heavy atom. The van der Waals surface area contributed by atoms with Gasteiger partial charge in [0.05, 0.1) is 6.04 Å². The molecule has 1 spiro atoms. The van der Waals surface area contributed by atoms with Crippen molar-refractivity contribution >= 4 is 5.71 Å². The third kappa shape index (κ3) is 5.30. The highest BCUT2D eigenvalue weighted by atomic mass is 14.9. The van der Waals surface area contributed by atoms with Crippen molar-refractivity contribution in [2.45, 2.75) is 148 Å². The molecule has 0 saturated heterocycles. The highest BCUT2D eigenvalue weighted by molar-refractivity contribution is 5.89. The lowest BCUT2D eigenvalue weighted by molar-refractivity contribution is -0.0823. The first kappa shape index (κ1) is 35.3. The van der Waals surface area contributed by atoms with Gasteiger partial charge in [-0.25, -0.2) is 0 Å². The maximum absolute atomic E-state index is 6.10. The van der Waals surface area contributed by atoms with Crippen LogP contribution in [0.5, 0.6) is 0 Å². The van der Waals surface area contributed by atoms with E-state index in [2.05, 4.69) is 67.7 Å². The van der Waals surface area contributed by atoms with Gasteiger partial charge in [0.15, 0.2) is 0 Å². The van der Waals surface area contributed by atoms with Gasteiger partial charge < -0.3 is 0 Å². The van der Waals surface area contributed by atoms with Crippen molar-refractivity contribution < 1.29 is 0 Å². The highest BCUT2D eigenvalue weighted by Gasteiger charge is 2.73. The van der Waals surface area contributed by atoms with Crippen LogP contribution < -0.4 is 0 Å². The Labute approximate surface area is 335 Å². The van der Waals surface area contributed by atoms with Crippen LogP contribution in [-0.2, 0) is 0 Å². The molecule has 1 heteroatoms. The Morgan fingerprint density at radius 1 is 0.491 bits per heavy atom. The second kappa shape index (κ2) is 14.0. The summed E-state index contributed by atoms with van der Waals surface area (Å²) in [7, 11) is 0. The van der Waals surface area contributed by atoms with Gasteiger partial charge in [-0.2, -0.15) is 0 Å². The second-order valence-electron chi connectivity index (χ2n) is 22.7. The Morgan fingerprint density at radius 3 is 1.84 bits per heavy atom. The molecule has 0 amide bonds. The molecule has 6 saturated carbocycles. The zero-order valence-electron chi connectivity index (χ0n) is 34.6. The van der Waals surface area contributed by atoms with Crippen LogP contribution in [0.4, 0.5) is 0 Å². The number of nitrogens with zero attached hydrogens (tertiary/aromatic N) is 1. The maximum atomic E-state index is 6.10. The van der Waals surface area contributed by atoms with Crippen LogP contribution in [0, 0.1) is 118 Å². The first-order valence-electron chi connectivity index (χ1n) is 25.1. The molecule has 0 aromatic heterocycles. The smallest absolute Gasteiger partial charge is 0.0564 e. The van der Waals surface area contributed by atoms with Crippen LogP contribution in [0.2, 0.25) is 0 Å². The molecule has 0 radical (unpaired) electrons. The first-order chi connectivity index (χ1) is 27.2. The fourth-order valence-electron chi connectivity index (χ4n) is 19.7. The summed E-state index contributed by atoms with van der Waals surface area (Å²) in [6, 6.07) is 0.545. The number of hydrogen-bond acceptors (Lipinski definition) is 1. The molecule has 1 heterocycles. The second-order valence-corrected chi connectivity index (χ2v) is 22.7. The minimum atomic E-state index is 0.545. The van der Waals surface area contributed by atoms with Gasteiger partial charge in [-0.3, -0.25) is 4.99 Å². The van der Waals surface area contributed by atoms with Crippen molar-refractivity contribution in [2.24, 2.45) is 123 Å². The molecule has 21 unspecified atom stereocenters. The zero-order chi connectivity index (χ0) is 36.3. The van der Waals surface area contributed by atoms with Gasteiger partial charge in [0.2, 0.25) is 0 Å². The summed E-state index contributed by atoms with van der Waals surface area (Å²) in [6.07, 6.45) is 57.5. The van der Waals surface area contributed by atoms with E-state index in [-0.39, 0.29) is 0 Å². The van der Waals surface area contributed by atoms with Crippen molar-refractivity contribution in [1.29, 1.82) is 0 Å². The monoisotopic (exact) mass is 738 g/mol. The number of fused-ring (bicyclic) bond motifs is 17. The van der Waals surface area contributed by atoms with E-state index >= 15 is 0 Å². The summed E-state index contributed by atoms with van der Waals surface area (Å²) in [4.78, 5) is 6.10. The average Bonchev–Trinajstić information content (AvgIpc) is 3.65. The van der Waals surface area contributed by atoms with Crippen molar-refractivity contribution in [1.82, 2.24) is 0 Å². The Hall–Kier alpha value is -1.63. The van der Waals surface area contributed by atoms with E-state index in [9.17, 15) is 0 Å². The summed E-state index contributed by atoms with van der Waals surface area (Å²) in [5.41, 5.74) is 2.26. The van der Waals surface area contributed by atoms with Gasteiger partial charge in [0.25, 0.3) is 0 Å². The fraction of sp³-hybridized carbons (Fsp3) is 0.796. The predicted octanol–water partition coefficient (Wildman–Crippen LogP) is 13.6. The van der Waals surface area contributed by atoms with Crippen LogP contribution in [-0.4, -0.2) is 11.8 Å². The van der Waals surface area contributed by atoms with Crippen LogP contribution in [0.3, 0.4) is 0 Å². The number of hydrogen-bond donors (Lipinski definition) is 0. The standard InChI is InChI=1S/C54H75N/c1-33-29-52(55-53(34-15-3-2-4-16-34)43-24-10-5-17-36(33)43)35-27-28-50-46(30-35)41-22-11-13-25-48(41)54(50)49-26-14-12-23-42(49)47-31-44-39-20-8-6-18-37(39)38-19-7-9-21-40(38)45(44)32-51(47)54/h2-3,5,8-9,17,20-21,27-28,33-51,53H,4,6-7,10-16,18-19,22-26,29-32H2,1H3. The van der Waals surface area contributed by atoms with Crippen molar-refractivity contribution in [2.75, 3.05) is 0 Å². The first-order valence-corrected chi connectivity index (χ1v) is 25.1. The van der Waals surface area contributed by atoms with Crippen LogP contribution >= 0.6 is 0 Å². The van der Waals surface area contributed by atoms with E-state index in [0.717, 1.165) is 107 Å². The predicted molar refractivity (Wildman–Crippen MR) is 228 cm³/mol. The van der Waals surface area contributed by atoms with Gasteiger partial charge in [-0.05, 0) is 221 Å². The van der Waals surface area contributed by atoms with Crippen molar-refractivity contribution in [3.63, 3.8) is 0 Å².